The molecule has 1 amide bonds. The van der Waals surface area contributed by atoms with E-state index in [2.05, 4.69) is 48.0 Å². The van der Waals surface area contributed by atoms with Crippen LogP contribution in [0.25, 0.3) is 0 Å². The van der Waals surface area contributed by atoms with E-state index in [4.69, 9.17) is 0 Å². The minimum Gasteiger partial charge on any atom is -0.335 e. The second-order valence-corrected chi connectivity index (χ2v) is 7.91. The van der Waals surface area contributed by atoms with E-state index >= 15 is 0 Å². The highest BCUT2D eigenvalue weighted by molar-refractivity contribution is 7.13. The first-order valence-corrected chi connectivity index (χ1v) is 9.92. The maximum Gasteiger partial charge on any atom is 0.265 e. The Morgan fingerprint density at radius 3 is 2.64 bits per heavy atom. The van der Waals surface area contributed by atoms with Crippen LogP contribution in [0.5, 0.6) is 0 Å². The third kappa shape index (κ3) is 4.47. The lowest BCUT2D eigenvalue weighted by molar-refractivity contribution is 0.0632. The molecular formula is C20H27N3OS. The van der Waals surface area contributed by atoms with Gasteiger partial charge in [0.15, 0.2) is 0 Å². The number of amides is 1. The minimum absolute atomic E-state index is 0.160. The van der Waals surface area contributed by atoms with Gasteiger partial charge in [0.25, 0.3) is 5.91 Å². The van der Waals surface area contributed by atoms with Crippen LogP contribution in [0.4, 0.5) is 0 Å². The molecule has 1 fully saturated rings. The average Bonchev–Trinajstić information content (AvgIpc) is 2.96. The number of hydrogen-bond acceptors (Lipinski definition) is 4. The van der Waals surface area contributed by atoms with Crippen LogP contribution in [0.1, 0.15) is 44.8 Å². The summed E-state index contributed by atoms with van der Waals surface area (Å²) in [5.41, 5.74) is 3.54. The van der Waals surface area contributed by atoms with E-state index in [1.807, 2.05) is 11.8 Å². The van der Waals surface area contributed by atoms with Gasteiger partial charge in [0.05, 0.1) is 10.7 Å². The number of carbonyl (C=O) groups excluding carboxylic acids is 1. The maximum atomic E-state index is 12.8. The van der Waals surface area contributed by atoms with Gasteiger partial charge in [0, 0.05) is 32.7 Å². The molecular weight excluding hydrogens is 330 g/mol. The van der Waals surface area contributed by atoms with Crippen LogP contribution in [-0.2, 0) is 13.0 Å². The Morgan fingerprint density at radius 1 is 1.20 bits per heavy atom. The minimum atomic E-state index is 0.160. The molecule has 2 heterocycles. The van der Waals surface area contributed by atoms with Gasteiger partial charge >= 0.3 is 0 Å². The molecule has 0 spiro atoms. The number of carbonyl (C=O) groups is 1. The van der Waals surface area contributed by atoms with Crippen molar-refractivity contribution in [2.75, 3.05) is 26.2 Å². The fourth-order valence-electron chi connectivity index (χ4n) is 3.29. The second-order valence-electron chi connectivity index (χ2n) is 6.83. The van der Waals surface area contributed by atoms with Crippen molar-refractivity contribution in [3.63, 3.8) is 0 Å². The normalized spacial score (nSPS) is 15.6. The molecule has 1 saturated heterocycles. The number of aryl methyl sites for hydroxylation is 3. The highest BCUT2D eigenvalue weighted by atomic mass is 32.1. The number of hydrogen-bond donors (Lipinski definition) is 0. The molecule has 134 valence electrons. The number of thiazole rings is 1. The monoisotopic (exact) mass is 357 g/mol. The first-order chi connectivity index (χ1) is 12.1. The summed E-state index contributed by atoms with van der Waals surface area (Å²) < 4.78 is 0. The van der Waals surface area contributed by atoms with Gasteiger partial charge in [-0.15, -0.1) is 11.3 Å². The summed E-state index contributed by atoms with van der Waals surface area (Å²) in [7, 11) is 0. The zero-order valence-electron chi connectivity index (χ0n) is 15.4. The number of rotatable bonds is 5. The van der Waals surface area contributed by atoms with Gasteiger partial charge in [0.1, 0.15) is 4.88 Å². The molecule has 4 nitrogen and oxygen atoms in total. The zero-order valence-corrected chi connectivity index (χ0v) is 16.2. The number of benzene rings is 1. The summed E-state index contributed by atoms with van der Waals surface area (Å²) in [5.74, 6) is 0.160. The summed E-state index contributed by atoms with van der Waals surface area (Å²) in [6, 6.07) is 8.67. The molecule has 0 N–H and O–H groups in total. The molecule has 25 heavy (non-hydrogen) atoms. The van der Waals surface area contributed by atoms with Crippen molar-refractivity contribution >= 4 is 17.2 Å². The molecule has 2 aromatic rings. The largest absolute Gasteiger partial charge is 0.335 e. The first-order valence-electron chi connectivity index (χ1n) is 9.10. The van der Waals surface area contributed by atoms with Crippen LogP contribution in [0.3, 0.4) is 0 Å². The third-order valence-electron chi connectivity index (χ3n) is 4.65. The van der Waals surface area contributed by atoms with E-state index in [-0.39, 0.29) is 5.91 Å². The van der Waals surface area contributed by atoms with E-state index < -0.39 is 0 Å². The lowest BCUT2D eigenvalue weighted by atomic mass is 10.1. The van der Waals surface area contributed by atoms with Gasteiger partial charge in [-0.05, 0) is 32.3 Å². The van der Waals surface area contributed by atoms with E-state index in [1.54, 1.807) is 11.3 Å². The molecule has 3 rings (SSSR count). The Balaban J connectivity index is 1.57. The molecule has 1 aliphatic heterocycles. The molecule has 5 heteroatoms. The molecule has 0 unspecified atom stereocenters. The fraction of sp³-hybridized carbons (Fsp3) is 0.500. The smallest absolute Gasteiger partial charge is 0.265 e. The van der Waals surface area contributed by atoms with Crippen molar-refractivity contribution in [1.29, 1.82) is 0 Å². The maximum absolute atomic E-state index is 12.8. The molecule has 1 aliphatic rings. The molecule has 1 aromatic heterocycles. The van der Waals surface area contributed by atoms with Gasteiger partial charge in [-0.3, -0.25) is 9.69 Å². The van der Waals surface area contributed by atoms with E-state index in [0.29, 0.717) is 0 Å². The highest BCUT2D eigenvalue weighted by Crippen LogP contribution is 2.22. The van der Waals surface area contributed by atoms with E-state index in [9.17, 15) is 4.79 Å². The fourth-order valence-corrected chi connectivity index (χ4v) is 4.43. The second kappa shape index (κ2) is 8.11. The molecule has 0 radical (unpaired) electrons. The van der Waals surface area contributed by atoms with Crippen molar-refractivity contribution in [1.82, 2.24) is 14.8 Å². The highest BCUT2D eigenvalue weighted by Gasteiger charge is 2.25. The average molecular weight is 358 g/mol. The summed E-state index contributed by atoms with van der Waals surface area (Å²) in [6.45, 7) is 10.6. The lowest BCUT2D eigenvalue weighted by Crippen LogP contribution is -2.48. The topological polar surface area (TPSA) is 36.4 Å². The summed E-state index contributed by atoms with van der Waals surface area (Å²) in [6.07, 6.45) is 2.03. The Morgan fingerprint density at radius 2 is 1.96 bits per heavy atom. The van der Waals surface area contributed by atoms with Gasteiger partial charge < -0.3 is 4.90 Å². The summed E-state index contributed by atoms with van der Waals surface area (Å²) in [5, 5.41) is 1.08. The van der Waals surface area contributed by atoms with Crippen LogP contribution in [0.2, 0.25) is 0 Å². The van der Waals surface area contributed by atoms with Gasteiger partial charge in [-0.25, -0.2) is 4.98 Å². The zero-order chi connectivity index (χ0) is 17.8. The summed E-state index contributed by atoms with van der Waals surface area (Å²) >= 11 is 1.57. The predicted octanol–water partition coefficient (Wildman–Crippen LogP) is 3.67. The Labute approximate surface area is 154 Å². The van der Waals surface area contributed by atoms with Crippen molar-refractivity contribution in [2.45, 2.75) is 40.2 Å². The third-order valence-corrected chi connectivity index (χ3v) is 5.85. The molecule has 0 saturated carbocycles. The Kier molecular flexibility index (Phi) is 5.86. The van der Waals surface area contributed by atoms with Crippen molar-refractivity contribution in [3.05, 3.63) is 51.0 Å². The number of nitrogens with zero attached hydrogens (tertiary/aromatic N) is 3. The quantitative estimate of drug-likeness (QED) is 0.819. The van der Waals surface area contributed by atoms with Crippen molar-refractivity contribution in [2.24, 2.45) is 0 Å². The van der Waals surface area contributed by atoms with Crippen molar-refractivity contribution < 1.29 is 4.79 Å². The molecule has 0 aliphatic carbocycles. The SMILES string of the molecule is CCCc1nc(C)c(C(=O)N2CCN(Cc3cccc(C)c3)CC2)s1. The summed E-state index contributed by atoms with van der Waals surface area (Å²) in [4.78, 5) is 22.6. The standard InChI is InChI=1S/C20H27N3OS/c1-4-6-18-21-16(3)19(25-18)20(24)23-11-9-22(10-12-23)14-17-8-5-7-15(2)13-17/h5,7-8,13H,4,6,9-12,14H2,1-3H3. The molecule has 0 bridgehead atoms. The van der Waals surface area contributed by atoms with Crippen molar-refractivity contribution in [3.8, 4) is 0 Å². The number of piperazine rings is 1. The van der Waals surface area contributed by atoms with Crippen LogP contribution >= 0.6 is 11.3 Å². The number of aromatic nitrogens is 1. The van der Waals surface area contributed by atoms with Gasteiger partial charge in [-0.1, -0.05) is 36.8 Å². The van der Waals surface area contributed by atoms with Crippen LogP contribution < -0.4 is 0 Å². The van der Waals surface area contributed by atoms with E-state index in [1.165, 1.54) is 11.1 Å². The Hall–Kier alpha value is -1.72. The lowest BCUT2D eigenvalue weighted by Gasteiger charge is -2.34. The Bertz CT molecular complexity index is 732. The molecule has 1 aromatic carbocycles. The van der Waals surface area contributed by atoms with Gasteiger partial charge in [-0.2, -0.15) is 0 Å². The van der Waals surface area contributed by atoms with Crippen LogP contribution in [0.15, 0.2) is 24.3 Å². The molecule has 0 atom stereocenters. The van der Waals surface area contributed by atoms with Crippen LogP contribution in [-0.4, -0.2) is 46.9 Å². The van der Waals surface area contributed by atoms with E-state index in [0.717, 1.165) is 61.1 Å². The predicted molar refractivity (Wildman–Crippen MR) is 103 cm³/mol. The first kappa shape index (κ1) is 18.1. The van der Waals surface area contributed by atoms with Crippen LogP contribution in [0, 0.1) is 13.8 Å². The van der Waals surface area contributed by atoms with Gasteiger partial charge in [0.2, 0.25) is 0 Å².